The molecule has 0 aliphatic rings. The maximum atomic E-state index is 12.6. The van der Waals surface area contributed by atoms with Crippen molar-refractivity contribution >= 4 is 34.0 Å². The van der Waals surface area contributed by atoms with Crippen molar-refractivity contribution in [2.45, 2.75) is 13.5 Å². The molecule has 0 bridgehead atoms. The monoisotopic (exact) mass is 412 g/mol. The van der Waals surface area contributed by atoms with Crippen LogP contribution in [0.25, 0.3) is 0 Å². The summed E-state index contributed by atoms with van der Waals surface area (Å²) in [6.45, 7) is 1.43. The molecule has 0 aliphatic heterocycles. The summed E-state index contributed by atoms with van der Waals surface area (Å²) in [5.41, 5.74) is 1.47. The van der Waals surface area contributed by atoms with Crippen molar-refractivity contribution in [3.63, 3.8) is 0 Å². The van der Waals surface area contributed by atoms with Crippen molar-refractivity contribution in [1.29, 1.82) is 0 Å². The molecule has 0 aliphatic carbocycles. The van der Waals surface area contributed by atoms with Crippen LogP contribution in [0.1, 0.15) is 23.0 Å². The van der Waals surface area contributed by atoms with Crippen LogP contribution in [-0.4, -0.2) is 31.1 Å². The van der Waals surface area contributed by atoms with Gasteiger partial charge in [0.25, 0.3) is 0 Å². The molecule has 7 nitrogen and oxygen atoms in total. The van der Waals surface area contributed by atoms with Gasteiger partial charge in [0, 0.05) is 12.3 Å². The lowest BCUT2D eigenvalue weighted by molar-refractivity contribution is -0.115. The molecular formula is C21H20N2O5S. The average Bonchev–Trinajstić information content (AvgIpc) is 3.20. The van der Waals surface area contributed by atoms with Gasteiger partial charge < -0.3 is 14.2 Å². The number of carbonyl (C=O) groups is 2. The number of aromatic nitrogens is 1. The Bertz CT molecular complexity index is 981. The number of hydrogen-bond acceptors (Lipinski definition) is 7. The maximum absolute atomic E-state index is 12.6. The number of benzene rings is 2. The van der Waals surface area contributed by atoms with Crippen LogP contribution in [-0.2, 0) is 16.1 Å². The molecule has 0 saturated heterocycles. The van der Waals surface area contributed by atoms with Gasteiger partial charge in [0.2, 0.25) is 5.91 Å². The van der Waals surface area contributed by atoms with Crippen LogP contribution < -0.4 is 14.4 Å². The van der Waals surface area contributed by atoms with Crippen molar-refractivity contribution in [3.8, 4) is 11.5 Å². The second-order valence-electron chi connectivity index (χ2n) is 5.93. The molecule has 0 fully saturated rings. The lowest BCUT2D eigenvalue weighted by Gasteiger charge is -2.17. The van der Waals surface area contributed by atoms with Crippen molar-refractivity contribution in [2.75, 3.05) is 19.1 Å². The number of anilines is 2. The van der Waals surface area contributed by atoms with E-state index in [9.17, 15) is 9.59 Å². The molecule has 3 rings (SSSR count). The smallest absolute Gasteiger partial charge is 0.346 e. The Morgan fingerprint density at radius 2 is 1.66 bits per heavy atom. The number of rotatable bonds is 7. The van der Waals surface area contributed by atoms with E-state index < -0.39 is 5.97 Å². The molecule has 3 aromatic rings. The predicted molar refractivity (Wildman–Crippen MR) is 110 cm³/mol. The number of methoxy groups -OCH3 is 2. The van der Waals surface area contributed by atoms with E-state index in [1.54, 1.807) is 23.6 Å². The van der Waals surface area contributed by atoms with Crippen LogP contribution >= 0.6 is 11.3 Å². The molecule has 1 amide bonds. The van der Waals surface area contributed by atoms with Gasteiger partial charge in [0.1, 0.15) is 23.7 Å². The van der Waals surface area contributed by atoms with Gasteiger partial charge in [-0.05, 0) is 24.3 Å². The highest BCUT2D eigenvalue weighted by atomic mass is 32.1. The van der Waals surface area contributed by atoms with Gasteiger partial charge in [-0.25, -0.2) is 9.78 Å². The Morgan fingerprint density at radius 3 is 2.24 bits per heavy atom. The molecule has 150 valence electrons. The van der Waals surface area contributed by atoms with E-state index >= 15 is 0 Å². The number of carbonyl (C=O) groups excluding carboxylic acids is 2. The summed E-state index contributed by atoms with van der Waals surface area (Å²) in [5.74, 6) is -0.0199. The minimum absolute atomic E-state index is 0.0446. The van der Waals surface area contributed by atoms with Crippen molar-refractivity contribution in [1.82, 2.24) is 4.98 Å². The van der Waals surface area contributed by atoms with Crippen LogP contribution in [0, 0.1) is 0 Å². The van der Waals surface area contributed by atoms with E-state index in [4.69, 9.17) is 14.2 Å². The lowest BCUT2D eigenvalue weighted by atomic mass is 10.2. The van der Waals surface area contributed by atoms with E-state index in [-0.39, 0.29) is 18.1 Å². The molecule has 8 heteroatoms. The van der Waals surface area contributed by atoms with Crippen molar-refractivity contribution in [2.24, 2.45) is 0 Å². The third kappa shape index (κ3) is 4.55. The molecule has 1 heterocycles. The van der Waals surface area contributed by atoms with E-state index in [2.05, 4.69) is 4.98 Å². The lowest BCUT2D eigenvalue weighted by Crippen LogP contribution is -2.22. The second kappa shape index (κ2) is 9.20. The fourth-order valence-electron chi connectivity index (χ4n) is 2.73. The molecule has 0 saturated carbocycles. The van der Waals surface area contributed by atoms with Gasteiger partial charge in [-0.2, -0.15) is 0 Å². The van der Waals surface area contributed by atoms with Crippen LogP contribution in [0.2, 0.25) is 0 Å². The third-order valence-corrected chi connectivity index (χ3v) is 4.92. The number of amides is 1. The first-order valence-corrected chi connectivity index (χ1v) is 9.61. The van der Waals surface area contributed by atoms with Gasteiger partial charge in [-0.15, -0.1) is 11.3 Å². The zero-order valence-corrected chi connectivity index (χ0v) is 17.1. The summed E-state index contributed by atoms with van der Waals surface area (Å²) in [6, 6.07) is 14.3. The van der Waals surface area contributed by atoms with Crippen molar-refractivity contribution < 1.29 is 23.8 Å². The minimum atomic E-state index is -0.583. The van der Waals surface area contributed by atoms with Gasteiger partial charge in [0.05, 0.1) is 25.6 Å². The average molecular weight is 412 g/mol. The Balaban J connectivity index is 1.76. The SMILES string of the molecule is COc1cccc(OC)c1C(=O)OCc1csc(N(C(C)=O)c2ccccc2)n1. The van der Waals surface area contributed by atoms with E-state index in [1.165, 1.54) is 37.4 Å². The molecular weight excluding hydrogens is 392 g/mol. The normalized spacial score (nSPS) is 10.3. The highest BCUT2D eigenvalue weighted by Crippen LogP contribution is 2.31. The standard InChI is InChI=1S/C21H20N2O5S/c1-14(24)23(16-8-5-4-6-9-16)21-22-15(13-29-21)12-28-20(25)19-17(26-2)10-7-11-18(19)27-3/h4-11,13H,12H2,1-3H3. The molecule has 0 radical (unpaired) electrons. The summed E-state index contributed by atoms with van der Waals surface area (Å²) in [5, 5.41) is 2.26. The molecule has 0 atom stereocenters. The van der Waals surface area contributed by atoms with Gasteiger partial charge in [0.15, 0.2) is 5.13 Å². The zero-order chi connectivity index (χ0) is 20.8. The first kappa shape index (κ1) is 20.3. The fraction of sp³-hybridized carbons (Fsp3) is 0.190. The topological polar surface area (TPSA) is 78.0 Å². The molecule has 1 aromatic heterocycles. The van der Waals surface area contributed by atoms with Gasteiger partial charge in [-0.1, -0.05) is 24.3 Å². The number of para-hydroxylation sites is 1. The Kier molecular flexibility index (Phi) is 6.46. The zero-order valence-electron chi connectivity index (χ0n) is 16.2. The van der Waals surface area contributed by atoms with Gasteiger partial charge in [-0.3, -0.25) is 9.69 Å². The minimum Gasteiger partial charge on any atom is -0.496 e. The molecule has 29 heavy (non-hydrogen) atoms. The summed E-state index contributed by atoms with van der Waals surface area (Å²) >= 11 is 1.30. The Labute approximate surface area is 172 Å². The fourth-order valence-corrected chi connectivity index (χ4v) is 3.60. The largest absolute Gasteiger partial charge is 0.496 e. The second-order valence-corrected chi connectivity index (χ2v) is 6.76. The Hall–Kier alpha value is -3.39. The third-order valence-electron chi connectivity index (χ3n) is 4.04. The number of esters is 1. The van der Waals surface area contributed by atoms with E-state index in [0.717, 1.165) is 5.69 Å². The summed E-state index contributed by atoms with van der Waals surface area (Å²) in [7, 11) is 2.94. The van der Waals surface area contributed by atoms with Crippen LogP contribution in [0.5, 0.6) is 11.5 Å². The molecule has 0 N–H and O–H groups in total. The molecule has 0 unspecified atom stereocenters. The van der Waals surface area contributed by atoms with E-state index in [0.29, 0.717) is 22.3 Å². The van der Waals surface area contributed by atoms with Crippen LogP contribution in [0.4, 0.5) is 10.8 Å². The number of hydrogen-bond donors (Lipinski definition) is 0. The number of thiazole rings is 1. The Morgan fingerprint density at radius 1 is 1.00 bits per heavy atom. The van der Waals surface area contributed by atoms with Crippen LogP contribution in [0.15, 0.2) is 53.9 Å². The highest BCUT2D eigenvalue weighted by molar-refractivity contribution is 7.14. The van der Waals surface area contributed by atoms with E-state index in [1.807, 2.05) is 30.3 Å². The summed E-state index contributed by atoms with van der Waals surface area (Å²) in [6.07, 6.45) is 0. The quantitative estimate of drug-likeness (QED) is 0.541. The first-order chi connectivity index (χ1) is 14.0. The maximum Gasteiger partial charge on any atom is 0.346 e. The van der Waals surface area contributed by atoms with Crippen LogP contribution in [0.3, 0.4) is 0 Å². The summed E-state index contributed by atoms with van der Waals surface area (Å²) < 4.78 is 15.9. The number of nitrogens with zero attached hydrogens (tertiary/aromatic N) is 2. The van der Waals surface area contributed by atoms with Crippen molar-refractivity contribution in [3.05, 3.63) is 65.2 Å². The highest BCUT2D eigenvalue weighted by Gasteiger charge is 2.21. The molecule has 0 spiro atoms. The molecule has 2 aromatic carbocycles. The first-order valence-electron chi connectivity index (χ1n) is 8.73. The number of ether oxygens (including phenoxy) is 3. The summed E-state index contributed by atoms with van der Waals surface area (Å²) in [4.78, 5) is 30.7. The predicted octanol–water partition coefficient (Wildman–Crippen LogP) is 4.20. The van der Waals surface area contributed by atoms with Gasteiger partial charge >= 0.3 is 5.97 Å².